The van der Waals surface area contributed by atoms with E-state index in [9.17, 15) is 9.59 Å². The average Bonchev–Trinajstić information content (AvgIpc) is 2.36. The van der Waals surface area contributed by atoms with Gasteiger partial charge in [-0.1, -0.05) is 38.1 Å². The van der Waals surface area contributed by atoms with Crippen LogP contribution in [0.1, 0.15) is 25.0 Å². The molecule has 0 spiro atoms. The van der Waals surface area contributed by atoms with Crippen molar-refractivity contribution in [3.05, 3.63) is 35.4 Å². The largest absolute Gasteiger partial charge is 0.480 e. The number of nitrogens with two attached hydrogens (primary N) is 1. The molecular weight excluding hydrogens is 244 g/mol. The van der Waals surface area contributed by atoms with E-state index in [1.165, 1.54) is 0 Å². The van der Waals surface area contributed by atoms with Crippen LogP contribution in [-0.2, 0) is 22.6 Å². The molecule has 0 bridgehead atoms. The topological polar surface area (TPSA) is 92.4 Å². The predicted molar refractivity (Wildman–Crippen MR) is 72.4 cm³/mol. The van der Waals surface area contributed by atoms with E-state index in [0.717, 1.165) is 11.1 Å². The molecule has 104 valence electrons. The Morgan fingerprint density at radius 3 is 2.32 bits per heavy atom. The Morgan fingerprint density at radius 2 is 1.84 bits per heavy atom. The second-order valence-corrected chi connectivity index (χ2v) is 4.78. The molecule has 1 rings (SSSR count). The number of benzene rings is 1. The van der Waals surface area contributed by atoms with Gasteiger partial charge in [-0.25, -0.2) is 4.79 Å². The molecule has 0 unspecified atom stereocenters. The third-order valence-corrected chi connectivity index (χ3v) is 2.94. The van der Waals surface area contributed by atoms with Crippen molar-refractivity contribution in [1.82, 2.24) is 5.32 Å². The predicted octanol–water partition coefficient (Wildman–Crippen LogP) is 0.913. The van der Waals surface area contributed by atoms with Crippen molar-refractivity contribution in [1.29, 1.82) is 0 Å². The molecule has 0 aliphatic heterocycles. The molecule has 0 fully saturated rings. The monoisotopic (exact) mass is 264 g/mol. The number of amides is 1. The van der Waals surface area contributed by atoms with Crippen molar-refractivity contribution in [2.75, 3.05) is 0 Å². The van der Waals surface area contributed by atoms with Crippen molar-refractivity contribution in [2.45, 2.75) is 32.9 Å². The van der Waals surface area contributed by atoms with Gasteiger partial charge in [0, 0.05) is 6.54 Å². The van der Waals surface area contributed by atoms with Crippen LogP contribution in [0.5, 0.6) is 0 Å². The Labute approximate surface area is 112 Å². The molecule has 0 radical (unpaired) electrons. The molecule has 0 saturated carbocycles. The first kappa shape index (κ1) is 15.2. The summed E-state index contributed by atoms with van der Waals surface area (Å²) in [6.07, 6.45) is 0.143. The van der Waals surface area contributed by atoms with E-state index in [4.69, 9.17) is 10.8 Å². The van der Waals surface area contributed by atoms with Crippen molar-refractivity contribution in [3.8, 4) is 0 Å². The van der Waals surface area contributed by atoms with Crippen molar-refractivity contribution >= 4 is 11.9 Å². The van der Waals surface area contributed by atoms with Gasteiger partial charge in [-0.05, 0) is 17.0 Å². The zero-order valence-corrected chi connectivity index (χ0v) is 11.2. The van der Waals surface area contributed by atoms with E-state index in [2.05, 4.69) is 5.32 Å². The van der Waals surface area contributed by atoms with Crippen LogP contribution in [0, 0.1) is 5.92 Å². The Kier molecular flexibility index (Phi) is 5.51. The quantitative estimate of drug-likeness (QED) is 0.712. The summed E-state index contributed by atoms with van der Waals surface area (Å²) in [5.41, 5.74) is 7.32. The zero-order chi connectivity index (χ0) is 14.4. The minimum atomic E-state index is -1.02. The highest BCUT2D eigenvalue weighted by Crippen LogP contribution is 2.09. The average molecular weight is 264 g/mol. The number of carboxylic acids is 1. The van der Waals surface area contributed by atoms with Gasteiger partial charge in [-0.3, -0.25) is 4.79 Å². The minimum Gasteiger partial charge on any atom is -0.480 e. The number of carbonyl (C=O) groups is 2. The zero-order valence-electron chi connectivity index (χ0n) is 11.2. The van der Waals surface area contributed by atoms with Gasteiger partial charge in [0.25, 0.3) is 0 Å². The van der Waals surface area contributed by atoms with Crippen molar-refractivity contribution in [2.24, 2.45) is 11.7 Å². The number of rotatable bonds is 6. The van der Waals surface area contributed by atoms with Gasteiger partial charge in [0.05, 0.1) is 6.42 Å². The molecule has 1 atom stereocenters. The molecule has 0 heterocycles. The summed E-state index contributed by atoms with van der Waals surface area (Å²) in [7, 11) is 0. The van der Waals surface area contributed by atoms with Gasteiger partial charge < -0.3 is 16.2 Å². The van der Waals surface area contributed by atoms with Crippen molar-refractivity contribution in [3.63, 3.8) is 0 Å². The van der Waals surface area contributed by atoms with E-state index in [0.29, 0.717) is 6.54 Å². The van der Waals surface area contributed by atoms with Crippen LogP contribution in [0.25, 0.3) is 0 Å². The summed E-state index contributed by atoms with van der Waals surface area (Å²) in [6, 6.07) is 6.51. The molecule has 0 aliphatic carbocycles. The van der Waals surface area contributed by atoms with E-state index < -0.39 is 12.0 Å². The lowest BCUT2D eigenvalue weighted by Gasteiger charge is -2.18. The third-order valence-electron chi connectivity index (χ3n) is 2.94. The van der Waals surface area contributed by atoms with Crippen LogP contribution < -0.4 is 11.1 Å². The number of carboxylic acid groups (broad SMARTS) is 1. The molecular formula is C14H20N2O3. The number of aliphatic carboxylic acids is 1. The lowest BCUT2D eigenvalue weighted by atomic mass is 10.0. The second-order valence-electron chi connectivity index (χ2n) is 4.78. The standard InChI is InChI=1S/C14H20N2O3/c1-9(2)13(14(18)19)16-12(17)7-10-5-3-4-6-11(10)8-15/h3-6,9,13H,7-8,15H2,1-2H3,(H,16,17)(H,18,19)/t13-/m0/s1. The molecule has 1 aromatic rings. The van der Waals surface area contributed by atoms with Gasteiger partial charge in [-0.15, -0.1) is 0 Å². The fourth-order valence-electron chi connectivity index (χ4n) is 1.84. The molecule has 5 nitrogen and oxygen atoms in total. The highest BCUT2D eigenvalue weighted by Gasteiger charge is 2.23. The fourth-order valence-corrected chi connectivity index (χ4v) is 1.84. The smallest absolute Gasteiger partial charge is 0.326 e. The molecule has 0 saturated heterocycles. The molecule has 5 heteroatoms. The number of nitrogens with one attached hydrogen (secondary N) is 1. The first-order chi connectivity index (χ1) is 8.95. The molecule has 19 heavy (non-hydrogen) atoms. The number of hydrogen-bond acceptors (Lipinski definition) is 3. The van der Waals surface area contributed by atoms with Crippen LogP contribution in [0.4, 0.5) is 0 Å². The van der Waals surface area contributed by atoms with Crippen LogP contribution >= 0.6 is 0 Å². The van der Waals surface area contributed by atoms with Gasteiger partial charge in [-0.2, -0.15) is 0 Å². The first-order valence-electron chi connectivity index (χ1n) is 6.24. The third kappa shape index (κ3) is 4.37. The van der Waals surface area contributed by atoms with Crippen LogP contribution in [0.15, 0.2) is 24.3 Å². The normalized spacial score (nSPS) is 12.2. The maximum atomic E-state index is 11.9. The van der Waals surface area contributed by atoms with E-state index in [1.54, 1.807) is 13.8 Å². The number of carbonyl (C=O) groups excluding carboxylic acids is 1. The van der Waals surface area contributed by atoms with E-state index in [1.807, 2.05) is 24.3 Å². The van der Waals surface area contributed by atoms with Crippen LogP contribution in [0.3, 0.4) is 0 Å². The van der Waals surface area contributed by atoms with E-state index in [-0.39, 0.29) is 18.2 Å². The molecule has 1 amide bonds. The van der Waals surface area contributed by atoms with Gasteiger partial charge in [0.15, 0.2) is 0 Å². The van der Waals surface area contributed by atoms with Gasteiger partial charge >= 0.3 is 5.97 Å². The first-order valence-corrected chi connectivity index (χ1v) is 6.24. The molecule has 0 aromatic heterocycles. The Balaban J connectivity index is 2.72. The minimum absolute atomic E-state index is 0.143. The van der Waals surface area contributed by atoms with Gasteiger partial charge in [0.1, 0.15) is 6.04 Å². The summed E-state index contributed by atoms with van der Waals surface area (Å²) in [5.74, 6) is -1.48. The fraction of sp³-hybridized carbons (Fsp3) is 0.429. The van der Waals surface area contributed by atoms with Crippen LogP contribution in [0.2, 0.25) is 0 Å². The highest BCUT2D eigenvalue weighted by atomic mass is 16.4. The lowest BCUT2D eigenvalue weighted by Crippen LogP contribution is -2.45. The maximum absolute atomic E-state index is 11.9. The molecule has 4 N–H and O–H groups in total. The van der Waals surface area contributed by atoms with Gasteiger partial charge in [0.2, 0.25) is 5.91 Å². The van der Waals surface area contributed by atoms with Crippen molar-refractivity contribution < 1.29 is 14.7 Å². The Morgan fingerprint density at radius 1 is 1.26 bits per heavy atom. The summed E-state index contributed by atoms with van der Waals surface area (Å²) in [5, 5.41) is 11.6. The lowest BCUT2D eigenvalue weighted by molar-refractivity contribution is -0.143. The Hall–Kier alpha value is -1.88. The van der Waals surface area contributed by atoms with Crippen LogP contribution in [-0.4, -0.2) is 23.0 Å². The summed E-state index contributed by atoms with van der Waals surface area (Å²) >= 11 is 0. The summed E-state index contributed by atoms with van der Waals surface area (Å²) < 4.78 is 0. The highest BCUT2D eigenvalue weighted by molar-refractivity contribution is 5.85. The summed E-state index contributed by atoms with van der Waals surface area (Å²) in [6.45, 7) is 3.87. The molecule has 0 aliphatic rings. The molecule has 1 aromatic carbocycles. The van der Waals surface area contributed by atoms with E-state index >= 15 is 0 Å². The maximum Gasteiger partial charge on any atom is 0.326 e. The summed E-state index contributed by atoms with van der Waals surface area (Å²) in [4.78, 5) is 22.9. The SMILES string of the molecule is CC(C)[C@H](NC(=O)Cc1ccccc1CN)C(=O)O. The number of hydrogen-bond donors (Lipinski definition) is 3. The Bertz CT molecular complexity index is 458. The second kappa shape index (κ2) is 6.89.